The molecule has 5 heteroatoms. The van der Waals surface area contributed by atoms with Gasteiger partial charge in [-0.25, -0.2) is 0 Å². The number of morpholine rings is 1. The van der Waals surface area contributed by atoms with Gasteiger partial charge < -0.3 is 14.5 Å². The van der Waals surface area contributed by atoms with Crippen molar-refractivity contribution in [3.8, 4) is 0 Å². The van der Waals surface area contributed by atoms with Gasteiger partial charge in [0.1, 0.15) is 0 Å². The van der Waals surface area contributed by atoms with Crippen LogP contribution in [0.25, 0.3) is 0 Å². The molecule has 2 aromatic rings. The van der Waals surface area contributed by atoms with E-state index in [2.05, 4.69) is 47.9 Å². The number of carbonyl (C=O) groups excluding carboxylic acids is 1. The molecule has 4 nitrogen and oxygen atoms in total. The van der Waals surface area contributed by atoms with Crippen molar-refractivity contribution in [3.63, 3.8) is 0 Å². The first-order valence-corrected chi connectivity index (χ1v) is 10.2. The summed E-state index contributed by atoms with van der Waals surface area (Å²) in [7, 11) is 0. The van der Waals surface area contributed by atoms with Crippen molar-refractivity contribution in [3.05, 3.63) is 51.2 Å². The van der Waals surface area contributed by atoms with E-state index in [0.717, 1.165) is 51.3 Å². The minimum absolute atomic E-state index is 0.162. The van der Waals surface area contributed by atoms with Gasteiger partial charge in [0.05, 0.1) is 19.8 Å². The van der Waals surface area contributed by atoms with Crippen molar-refractivity contribution >= 4 is 22.9 Å². The van der Waals surface area contributed by atoms with Crippen LogP contribution in [0.15, 0.2) is 30.3 Å². The van der Waals surface area contributed by atoms with Crippen LogP contribution in [0, 0.1) is 13.8 Å². The lowest BCUT2D eigenvalue weighted by Gasteiger charge is -2.30. The van der Waals surface area contributed by atoms with Crippen molar-refractivity contribution < 1.29 is 9.53 Å². The molecule has 1 aliphatic carbocycles. The van der Waals surface area contributed by atoms with Crippen molar-refractivity contribution in [1.82, 2.24) is 4.90 Å². The van der Waals surface area contributed by atoms with Crippen LogP contribution in [0.2, 0.25) is 0 Å². The molecule has 138 valence electrons. The number of carbonyl (C=O) groups is 1. The number of thiophene rings is 1. The van der Waals surface area contributed by atoms with E-state index in [-0.39, 0.29) is 5.91 Å². The number of rotatable bonds is 5. The third-order valence-electron chi connectivity index (χ3n) is 5.17. The maximum atomic E-state index is 13.2. The van der Waals surface area contributed by atoms with Gasteiger partial charge in [0, 0.05) is 40.1 Å². The fraction of sp³-hybridized carbons (Fsp3) is 0.476. The van der Waals surface area contributed by atoms with Crippen LogP contribution in [0.4, 0.5) is 5.69 Å². The van der Waals surface area contributed by atoms with Crippen molar-refractivity contribution in [2.45, 2.75) is 39.3 Å². The highest BCUT2D eigenvalue weighted by Gasteiger charge is 2.33. The highest BCUT2D eigenvalue weighted by molar-refractivity contribution is 7.11. The molecule has 2 aliphatic rings. The number of hydrogen-bond acceptors (Lipinski definition) is 4. The van der Waals surface area contributed by atoms with Crippen LogP contribution >= 0.6 is 11.3 Å². The second-order valence-electron chi connectivity index (χ2n) is 7.28. The number of nitrogens with zero attached hydrogens (tertiary/aromatic N) is 2. The third-order valence-corrected chi connectivity index (χ3v) is 6.15. The third kappa shape index (κ3) is 3.79. The summed E-state index contributed by atoms with van der Waals surface area (Å²) in [5.74, 6) is 0.162. The van der Waals surface area contributed by atoms with Gasteiger partial charge in [0.25, 0.3) is 5.91 Å². The Morgan fingerprint density at radius 1 is 1.19 bits per heavy atom. The molecule has 1 aromatic carbocycles. The molecule has 0 unspecified atom stereocenters. The smallest absolute Gasteiger partial charge is 0.254 e. The van der Waals surface area contributed by atoms with Gasteiger partial charge in [-0.1, -0.05) is 0 Å². The summed E-state index contributed by atoms with van der Waals surface area (Å²) in [6.07, 6.45) is 2.25. The lowest BCUT2D eigenvalue weighted by atomic mass is 10.1. The normalized spacial score (nSPS) is 17.4. The summed E-state index contributed by atoms with van der Waals surface area (Å²) in [6, 6.07) is 10.8. The predicted molar refractivity (Wildman–Crippen MR) is 106 cm³/mol. The molecule has 0 spiro atoms. The fourth-order valence-corrected chi connectivity index (χ4v) is 4.49. The van der Waals surface area contributed by atoms with E-state index in [1.165, 1.54) is 21.0 Å². The van der Waals surface area contributed by atoms with Crippen molar-refractivity contribution in [1.29, 1.82) is 0 Å². The molecular weight excluding hydrogens is 344 g/mol. The summed E-state index contributed by atoms with van der Waals surface area (Å²) in [5.41, 5.74) is 3.19. The Morgan fingerprint density at radius 2 is 1.96 bits per heavy atom. The van der Waals surface area contributed by atoms with E-state index < -0.39 is 0 Å². The highest BCUT2D eigenvalue weighted by atomic mass is 32.1. The molecule has 26 heavy (non-hydrogen) atoms. The van der Waals surface area contributed by atoms with E-state index in [4.69, 9.17) is 4.74 Å². The van der Waals surface area contributed by atoms with Crippen LogP contribution in [-0.2, 0) is 11.3 Å². The van der Waals surface area contributed by atoms with Gasteiger partial charge in [-0.15, -0.1) is 11.3 Å². The Labute approximate surface area is 159 Å². The average molecular weight is 371 g/mol. The maximum Gasteiger partial charge on any atom is 0.254 e. The second-order valence-corrected chi connectivity index (χ2v) is 8.65. The Morgan fingerprint density at radius 3 is 2.58 bits per heavy atom. The minimum atomic E-state index is 0.162. The molecule has 0 bridgehead atoms. The molecule has 0 radical (unpaired) electrons. The molecule has 1 aromatic heterocycles. The van der Waals surface area contributed by atoms with E-state index in [1.54, 1.807) is 11.3 Å². The van der Waals surface area contributed by atoms with Gasteiger partial charge >= 0.3 is 0 Å². The van der Waals surface area contributed by atoms with Crippen LogP contribution in [0.5, 0.6) is 0 Å². The Hall–Kier alpha value is -1.85. The largest absolute Gasteiger partial charge is 0.378 e. The molecule has 1 saturated heterocycles. The molecule has 0 atom stereocenters. The lowest BCUT2D eigenvalue weighted by molar-refractivity contribution is 0.0731. The fourth-order valence-electron chi connectivity index (χ4n) is 3.60. The van der Waals surface area contributed by atoms with Crippen LogP contribution in [0.1, 0.15) is 38.5 Å². The number of benzene rings is 1. The Kier molecular flexibility index (Phi) is 5.00. The minimum Gasteiger partial charge on any atom is -0.378 e. The quantitative estimate of drug-likeness (QED) is 0.797. The van der Waals surface area contributed by atoms with E-state index in [9.17, 15) is 4.79 Å². The van der Waals surface area contributed by atoms with Crippen LogP contribution in [0.3, 0.4) is 0 Å². The summed E-state index contributed by atoms with van der Waals surface area (Å²) in [6.45, 7) is 8.33. The molecule has 1 aliphatic heterocycles. The zero-order valence-corrected chi connectivity index (χ0v) is 16.3. The van der Waals surface area contributed by atoms with Crippen LogP contribution in [-0.4, -0.2) is 43.2 Å². The molecule has 2 heterocycles. The molecule has 1 saturated carbocycles. The van der Waals surface area contributed by atoms with Crippen molar-refractivity contribution in [2.24, 2.45) is 0 Å². The predicted octanol–water partition coefficient (Wildman–Crippen LogP) is 4.01. The number of amides is 1. The van der Waals surface area contributed by atoms with Crippen molar-refractivity contribution in [2.75, 3.05) is 31.2 Å². The zero-order chi connectivity index (χ0) is 18.1. The van der Waals surface area contributed by atoms with Crippen LogP contribution < -0.4 is 4.90 Å². The molecule has 0 N–H and O–H groups in total. The summed E-state index contributed by atoms with van der Waals surface area (Å²) in [4.78, 5) is 20.2. The van der Waals surface area contributed by atoms with Gasteiger partial charge in [-0.2, -0.15) is 0 Å². The first-order chi connectivity index (χ1) is 12.6. The Bertz CT molecular complexity index is 791. The summed E-state index contributed by atoms with van der Waals surface area (Å²) in [5, 5.41) is 0. The van der Waals surface area contributed by atoms with Gasteiger partial charge in [0.2, 0.25) is 0 Å². The molecule has 4 rings (SSSR count). The van der Waals surface area contributed by atoms with Gasteiger partial charge in [-0.05, 0) is 62.6 Å². The van der Waals surface area contributed by atoms with E-state index in [0.29, 0.717) is 6.04 Å². The topological polar surface area (TPSA) is 32.8 Å². The number of anilines is 1. The highest BCUT2D eigenvalue weighted by Crippen LogP contribution is 2.32. The SMILES string of the molecule is Cc1ccc(CN(C(=O)c2ccc(N3CCOCC3)c(C)c2)C2CC2)s1. The standard InChI is InChI=1S/C21H26N2O2S/c1-15-13-17(4-8-20(15)22-9-11-25-12-10-22)21(24)23(18-5-6-18)14-19-7-3-16(2)26-19/h3-4,7-8,13,18H,5-6,9-12,14H2,1-2H3. The van der Waals surface area contributed by atoms with E-state index in [1.807, 2.05) is 6.07 Å². The number of hydrogen-bond donors (Lipinski definition) is 0. The first kappa shape index (κ1) is 17.6. The molecule has 2 fully saturated rings. The Balaban J connectivity index is 1.53. The van der Waals surface area contributed by atoms with E-state index >= 15 is 0 Å². The monoisotopic (exact) mass is 370 g/mol. The first-order valence-electron chi connectivity index (χ1n) is 9.41. The zero-order valence-electron chi connectivity index (χ0n) is 15.5. The van der Waals surface area contributed by atoms with Gasteiger partial charge in [-0.3, -0.25) is 4.79 Å². The summed E-state index contributed by atoms with van der Waals surface area (Å²) >= 11 is 1.79. The number of aryl methyl sites for hydroxylation is 2. The lowest BCUT2D eigenvalue weighted by Crippen LogP contribution is -2.36. The molecular formula is C21H26N2O2S. The second kappa shape index (κ2) is 7.41. The summed E-state index contributed by atoms with van der Waals surface area (Å²) < 4.78 is 5.44. The number of ether oxygens (including phenoxy) is 1. The maximum absolute atomic E-state index is 13.2. The van der Waals surface area contributed by atoms with Gasteiger partial charge in [0.15, 0.2) is 0 Å². The average Bonchev–Trinajstić information content (AvgIpc) is 3.41. The molecule has 1 amide bonds.